The first-order valence-electron chi connectivity index (χ1n) is 5.66. The van der Waals surface area contributed by atoms with Crippen molar-refractivity contribution in [1.82, 2.24) is 0 Å². The molecule has 1 aromatic rings. The van der Waals surface area contributed by atoms with E-state index in [-0.39, 0.29) is 11.5 Å². The summed E-state index contributed by atoms with van der Waals surface area (Å²) in [5.41, 5.74) is 0.685. The van der Waals surface area contributed by atoms with Crippen LogP contribution in [0.3, 0.4) is 0 Å². The minimum Gasteiger partial charge on any atom is -0.282 e. The Bertz CT molecular complexity index is 329. The fourth-order valence-corrected chi connectivity index (χ4v) is 2.20. The Kier molecular flexibility index (Phi) is 6.86. The van der Waals surface area contributed by atoms with Crippen molar-refractivity contribution >= 4 is 16.9 Å². The zero-order valence-corrected chi connectivity index (χ0v) is 10.4. The van der Waals surface area contributed by atoms with E-state index in [9.17, 15) is 13.6 Å². The third-order valence-electron chi connectivity index (χ3n) is 2.32. The van der Waals surface area contributed by atoms with Crippen molar-refractivity contribution in [2.75, 3.05) is 12.4 Å². The molecule has 0 fully saturated rings. The van der Waals surface area contributed by atoms with Crippen molar-refractivity contribution < 1.29 is 13.6 Å². The van der Waals surface area contributed by atoms with E-state index < -0.39 is 12.8 Å². The van der Waals surface area contributed by atoms with Gasteiger partial charge >= 0.3 is 0 Å². The van der Waals surface area contributed by atoms with Crippen LogP contribution in [0.2, 0.25) is 0 Å². The van der Waals surface area contributed by atoms with Gasteiger partial charge in [-0.1, -0.05) is 42.1 Å². The van der Waals surface area contributed by atoms with Crippen LogP contribution in [0.25, 0.3) is 0 Å². The van der Waals surface area contributed by atoms with E-state index in [1.165, 1.54) is 11.8 Å². The van der Waals surface area contributed by atoms with Gasteiger partial charge in [0.25, 0.3) is 0 Å². The standard InChI is InChI=1S/C13H16F2OS/c14-10-12(15)8-4-5-9-17-13(16)11-6-2-1-3-7-11/h1-3,6-7,12H,4-5,8-10H2. The molecule has 1 aromatic carbocycles. The number of carbonyl (C=O) groups is 1. The van der Waals surface area contributed by atoms with Crippen LogP contribution in [0.4, 0.5) is 8.78 Å². The van der Waals surface area contributed by atoms with E-state index >= 15 is 0 Å². The molecule has 1 nitrogen and oxygen atoms in total. The lowest BCUT2D eigenvalue weighted by atomic mass is 10.2. The average molecular weight is 258 g/mol. The van der Waals surface area contributed by atoms with Gasteiger partial charge in [-0.3, -0.25) is 4.79 Å². The Morgan fingerprint density at radius 3 is 2.59 bits per heavy atom. The molecular formula is C13H16F2OS. The maximum absolute atomic E-state index is 12.5. The Hall–Kier alpha value is -0.900. The summed E-state index contributed by atoms with van der Waals surface area (Å²) >= 11 is 1.23. The molecule has 0 aliphatic carbocycles. The number of hydrogen-bond donors (Lipinski definition) is 0. The van der Waals surface area contributed by atoms with Crippen molar-refractivity contribution in [3.63, 3.8) is 0 Å². The molecule has 1 atom stereocenters. The fraction of sp³-hybridized carbons (Fsp3) is 0.462. The highest BCUT2D eigenvalue weighted by Crippen LogP contribution is 2.15. The molecule has 0 N–H and O–H groups in total. The van der Waals surface area contributed by atoms with Gasteiger partial charge in [0.15, 0.2) is 0 Å². The highest BCUT2D eigenvalue weighted by molar-refractivity contribution is 8.14. The Labute approximate surface area is 105 Å². The van der Waals surface area contributed by atoms with Crippen LogP contribution in [-0.2, 0) is 0 Å². The normalized spacial score (nSPS) is 12.4. The maximum Gasteiger partial charge on any atom is 0.219 e. The second-order valence-corrected chi connectivity index (χ2v) is 4.82. The minimum atomic E-state index is -1.34. The lowest BCUT2D eigenvalue weighted by Crippen LogP contribution is -2.02. The summed E-state index contributed by atoms with van der Waals surface area (Å²) in [6.45, 7) is -0.907. The fourth-order valence-electron chi connectivity index (χ4n) is 1.37. The summed E-state index contributed by atoms with van der Waals surface area (Å²) in [6, 6.07) is 9.05. The van der Waals surface area contributed by atoms with Gasteiger partial charge in [-0.2, -0.15) is 0 Å². The summed E-state index contributed by atoms with van der Waals surface area (Å²) < 4.78 is 24.3. The van der Waals surface area contributed by atoms with Crippen molar-refractivity contribution in [2.24, 2.45) is 0 Å². The van der Waals surface area contributed by atoms with Gasteiger partial charge in [0.05, 0.1) is 0 Å². The van der Waals surface area contributed by atoms with Crippen LogP contribution in [0.1, 0.15) is 29.6 Å². The van der Waals surface area contributed by atoms with Crippen LogP contribution >= 0.6 is 11.8 Å². The van der Waals surface area contributed by atoms with Gasteiger partial charge < -0.3 is 0 Å². The van der Waals surface area contributed by atoms with Crippen molar-refractivity contribution in [3.05, 3.63) is 35.9 Å². The molecule has 0 aliphatic rings. The molecule has 0 saturated carbocycles. The first-order chi connectivity index (χ1) is 8.24. The zero-order valence-electron chi connectivity index (χ0n) is 9.57. The number of hydrogen-bond acceptors (Lipinski definition) is 2. The van der Waals surface area contributed by atoms with Gasteiger partial charge in [0, 0.05) is 11.3 Å². The van der Waals surface area contributed by atoms with E-state index in [2.05, 4.69) is 0 Å². The van der Waals surface area contributed by atoms with Gasteiger partial charge in [-0.05, 0) is 19.3 Å². The number of carbonyl (C=O) groups excluding carboxylic acids is 1. The van der Waals surface area contributed by atoms with Crippen molar-refractivity contribution in [2.45, 2.75) is 25.4 Å². The summed E-state index contributed by atoms with van der Waals surface area (Å²) in [7, 11) is 0. The lowest BCUT2D eigenvalue weighted by Gasteiger charge is -2.03. The molecule has 0 saturated heterocycles. The topological polar surface area (TPSA) is 17.1 Å². The Morgan fingerprint density at radius 1 is 1.24 bits per heavy atom. The predicted octanol–water partition coefficient (Wildman–Crippen LogP) is 4.04. The zero-order chi connectivity index (χ0) is 12.5. The van der Waals surface area contributed by atoms with Gasteiger partial charge in [0.2, 0.25) is 5.12 Å². The number of unbranched alkanes of at least 4 members (excludes halogenated alkanes) is 1. The van der Waals surface area contributed by atoms with Crippen LogP contribution in [0.15, 0.2) is 30.3 Å². The summed E-state index contributed by atoms with van der Waals surface area (Å²) in [6.07, 6.45) is 0.269. The quantitative estimate of drug-likeness (QED) is 0.687. The predicted molar refractivity (Wildman–Crippen MR) is 68.0 cm³/mol. The van der Waals surface area contributed by atoms with Crippen LogP contribution in [0, 0.1) is 0 Å². The molecule has 94 valence electrons. The third kappa shape index (κ3) is 5.82. The monoisotopic (exact) mass is 258 g/mol. The van der Waals surface area contributed by atoms with E-state index in [0.29, 0.717) is 17.7 Å². The van der Waals surface area contributed by atoms with Crippen molar-refractivity contribution in [1.29, 1.82) is 0 Å². The second kappa shape index (κ2) is 8.23. The van der Waals surface area contributed by atoms with E-state index in [1.54, 1.807) is 12.1 Å². The Balaban J connectivity index is 2.13. The Morgan fingerprint density at radius 2 is 1.94 bits per heavy atom. The molecule has 0 spiro atoms. The van der Waals surface area contributed by atoms with Crippen LogP contribution < -0.4 is 0 Å². The summed E-state index contributed by atoms with van der Waals surface area (Å²) in [5, 5.41) is 0.0351. The van der Waals surface area contributed by atoms with E-state index in [0.717, 1.165) is 6.42 Å². The minimum absolute atomic E-state index is 0.0351. The second-order valence-electron chi connectivity index (χ2n) is 3.75. The van der Waals surface area contributed by atoms with Gasteiger partial charge in [0.1, 0.15) is 12.8 Å². The van der Waals surface area contributed by atoms with Crippen LogP contribution in [-0.4, -0.2) is 23.7 Å². The molecule has 4 heteroatoms. The molecule has 0 aromatic heterocycles. The van der Waals surface area contributed by atoms with Crippen LogP contribution in [0.5, 0.6) is 0 Å². The SMILES string of the molecule is O=C(SCCCCC(F)CF)c1ccccc1. The lowest BCUT2D eigenvalue weighted by molar-refractivity contribution is 0.108. The molecule has 1 unspecified atom stereocenters. The van der Waals surface area contributed by atoms with E-state index in [1.807, 2.05) is 18.2 Å². The maximum atomic E-state index is 12.5. The number of thioether (sulfide) groups is 1. The van der Waals surface area contributed by atoms with Gasteiger partial charge in [-0.25, -0.2) is 8.78 Å². The number of benzene rings is 1. The first-order valence-corrected chi connectivity index (χ1v) is 6.65. The number of alkyl halides is 2. The summed E-state index contributed by atoms with van der Waals surface area (Å²) in [4.78, 5) is 11.6. The first kappa shape index (κ1) is 14.2. The number of halogens is 2. The van der Waals surface area contributed by atoms with Gasteiger partial charge in [-0.15, -0.1) is 0 Å². The molecule has 0 bridgehead atoms. The highest BCUT2D eigenvalue weighted by Gasteiger charge is 2.07. The number of rotatable bonds is 7. The molecule has 0 amide bonds. The molecule has 0 heterocycles. The third-order valence-corrected chi connectivity index (χ3v) is 3.31. The molecule has 0 aliphatic heterocycles. The molecular weight excluding hydrogens is 242 g/mol. The smallest absolute Gasteiger partial charge is 0.219 e. The largest absolute Gasteiger partial charge is 0.282 e. The average Bonchev–Trinajstić information content (AvgIpc) is 2.38. The summed E-state index contributed by atoms with van der Waals surface area (Å²) in [5.74, 6) is 0.659. The van der Waals surface area contributed by atoms with E-state index in [4.69, 9.17) is 0 Å². The molecule has 17 heavy (non-hydrogen) atoms. The highest BCUT2D eigenvalue weighted by atomic mass is 32.2. The molecule has 0 radical (unpaired) electrons. The van der Waals surface area contributed by atoms with Crippen molar-refractivity contribution in [3.8, 4) is 0 Å². The molecule has 1 rings (SSSR count).